The Morgan fingerprint density at radius 3 is 1.88 bits per heavy atom. The Morgan fingerprint density at radius 1 is 0.759 bits per heavy atom. The molecule has 58 heavy (non-hydrogen) atoms. The van der Waals surface area contributed by atoms with Crippen LogP contribution in [0.15, 0.2) is 24.3 Å². The molecule has 3 amide bonds. The van der Waals surface area contributed by atoms with E-state index < -0.39 is 12.5 Å². The Hall–Kier alpha value is -2.41. The van der Waals surface area contributed by atoms with Gasteiger partial charge in [0.25, 0.3) is 0 Å². The number of methoxy groups -OCH3 is 3. The summed E-state index contributed by atoms with van der Waals surface area (Å²) in [5.74, 6) is -0.992. The first kappa shape index (κ1) is 51.7. The van der Waals surface area contributed by atoms with Crippen LogP contribution in [0.5, 0.6) is 0 Å². The lowest BCUT2D eigenvalue weighted by atomic mass is 9.87. The number of hydrogen-bond acceptors (Lipinski definition) is 13. The van der Waals surface area contributed by atoms with Crippen molar-refractivity contribution in [2.45, 2.75) is 83.1 Å². The molecule has 1 aliphatic rings. The first-order chi connectivity index (χ1) is 27.9. The molecule has 2 rings (SSSR count). The highest BCUT2D eigenvalue weighted by Crippen LogP contribution is 2.50. The molecule has 1 aliphatic carbocycles. The molecule has 0 spiro atoms. The highest BCUT2D eigenvalue weighted by atomic mass is 32.5. The summed E-state index contributed by atoms with van der Waals surface area (Å²) in [6, 6.07) is 6.71. The van der Waals surface area contributed by atoms with Crippen LogP contribution in [0.1, 0.15) is 63.5 Å². The molecule has 16 nitrogen and oxygen atoms in total. The first-order valence-corrected chi connectivity index (χ1v) is 23.0. The number of nitrogens with zero attached hydrogens (tertiary/aromatic N) is 1. The van der Waals surface area contributed by atoms with Gasteiger partial charge in [0.1, 0.15) is 5.78 Å². The van der Waals surface area contributed by atoms with Gasteiger partial charge in [-0.3, -0.25) is 24.1 Å². The number of Topliss-reactive ketones (excluding diaryl/α,β-unsaturated/α-hetero) is 1. The molecular weight excluding hydrogens is 791 g/mol. The topological polar surface area (TPSA) is 192 Å². The van der Waals surface area contributed by atoms with Crippen molar-refractivity contribution in [2.24, 2.45) is 5.92 Å². The lowest BCUT2D eigenvalue weighted by Crippen LogP contribution is -2.53. The molecule has 0 radical (unpaired) electrons. The Kier molecular flexibility index (Phi) is 27.3. The maximum Gasteiger partial charge on any atom is 0.237 e. The molecule has 0 aliphatic heterocycles. The van der Waals surface area contributed by atoms with Crippen molar-refractivity contribution < 1.29 is 57.0 Å². The van der Waals surface area contributed by atoms with E-state index in [0.717, 1.165) is 11.1 Å². The maximum atomic E-state index is 13.9. The second-order valence-electron chi connectivity index (χ2n) is 14.5. The number of carbonyl (C=O) groups excluding carboxylic acids is 4. The van der Waals surface area contributed by atoms with Crippen LogP contribution >= 0.6 is 6.49 Å². The summed E-state index contributed by atoms with van der Waals surface area (Å²) in [5.41, 5.74) is 1.58. The fourth-order valence-corrected chi connectivity index (χ4v) is 7.30. The number of benzene rings is 1. The van der Waals surface area contributed by atoms with Gasteiger partial charge in [-0.05, 0) is 61.5 Å². The normalized spacial score (nSPS) is 17.2. The molecule has 0 heterocycles. The Morgan fingerprint density at radius 2 is 1.31 bits per heavy atom. The van der Waals surface area contributed by atoms with Gasteiger partial charge in [-0.25, -0.2) is 0 Å². The van der Waals surface area contributed by atoms with E-state index in [1.165, 1.54) is 0 Å². The van der Waals surface area contributed by atoms with Crippen molar-refractivity contribution in [1.29, 1.82) is 0 Å². The quantitative estimate of drug-likeness (QED) is 0.0595. The molecule has 4 N–H and O–H groups in total. The number of rotatable bonds is 33. The second kappa shape index (κ2) is 30.6. The predicted octanol–water partition coefficient (Wildman–Crippen LogP) is 2.37. The van der Waals surface area contributed by atoms with Crippen LogP contribution in [0.3, 0.4) is 0 Å². The summed E-state index contributed by atoms with van der Waals surface area (Å²) >= 11 is 5.29. The van der Waals surface area contributed by atoms with E-state index in [0.29, 0.717) is 84.9 Å². The Labute approximate surface area is 350 Å². The number of nitrogens with one attached hydrogen (secondary N) is 3. The zero-order valence-corrected chi connectivity index (χ0v) is 36.9. The molecule has 0 bridgehead atoms. The third kappa shape index (κ3) is 22.3. The number of amides is 3. The SMILES string of the molecule is COCCOCCCC(=O)CN(CC(=O)NCCOCCOC)[C@H](Cc1ccc(CNC(=O)C2CCC(OP(O)(=S)C(C)C)CC2)cc1)C(=O)NCCOCCOC. The zero-order valence-electron chi connectivity index (χ0n) is 35.2. The van der Waals surface area contributed by atoms with E-state index in [9.17, 15) is 24.1 Å². The fourth-order valence-electron chi connectivity index (χ4n) is 6.06. The standard InChI is InChI=1S/C40H69N4O12PS/c1-31(2)57(49,58)56-36-14-12-34(13-15-36)39(47)43-28-33-10-8-32(9-11-33)27-37(40(48)42-17-20-55-26-23-52-5)44(29-35(45)7-6-18-53-24-21-50-3)30-38(46)41-16-19-54-25-22-51-4/h8-11,31,34,36-37H,6-7,12-30H2,1-5H3,(H,41,46)(H,42,48)(H,43,47)(H,49,58)/t34?,36?,37-,57?/m1/s1. The van der Waals surface area contributed by atoms with E-state index in [1.807, 2.05) is 38.1 Å². The summed E-state index contributed by atoms with van der Waals surface area (Å²) in [7, 11) is 4.75. The third-order valence-electron chi connectivity index (χ3n) is 9.54. The second-order valence-corrected chi connectivity index (χ2v) is 18.4. The van der Waals surface area contributed by atoms with Gasteiger partial charge >= 0.3 is 0 Å². The lowest BCUT2D eigenvalue weighted by Gasteiger charge is -2.31. The highest BCUT2D eigenvalue weighted by Gasteiger charge is 2.32. The largest absolute Gasteiger partial charge is 0.382 e. The predicted molar refractivity (Wildman–Crippen MR) is 224 cm³/mol. The van der Waals surface area contributed by atoms with Crippen LogP contribution in [0.2, 0.25) is 0 Å². The van der Waals surface area contributed by atoms with Gasteiger partial charge in [0.15, 0.2) is 6.49 Å². The van der Waals surface area contributed by atoms with Gasteiger partial charge in [0.05, 0.1) is 78.1 Å². The van der Waals surface area contributed by atoms with Crippen LogP contribution < -0.4 is 16.0 Å². The van der Waals surface area contributed by atoms with Crippen molar-refractivity contribution in [2.75, 3.05) is 107 Å². The van der Waals surface area contributed by atoms with Gasteiger partial charge in [-0.2, -0.15) is 0 Å². The van der Waals surface area contributed by atoms with Crippen molar-refractivity contribution >= 4 is 41.8 Å². The molecule has 1 fully saturated rings. The molecule has 1 aromatic rings. The van der Waals surface area contributed by atoms with Crippen LogP contribution in [0.4, 0.5) is 0 Å². The minimum absolute atomic E-state index is 0.0283. The number of hydrogen-bond donors (Lipinski definition) is 4. The molecule has 0 aromatic heterocycles. The zero-order chi connectivity index (χ0) is 42.6. The number of ketones is 1. The van der Waals surface area contributed by atoms with Crippen LogP contribution in [0.25, 0.3) is 0 Å². The smallest absolute Gasteiger partial charge is 0.237 e. The molecule has 18 heteroatoms. The molecule has 0 saturated heterocycles. The number of carbonyl (C=O) groups is 4. The summed E-state index contributed by atoms with van der Waals surface area (Å²) in [4.78, 5) is 65.5. The summed E-state index contributed by atoms with van der Waals surface area (Å²) in [6.45, 7) is 4.83. The number of ether oxygens (including phenoxy) is 6. The van der Waals surface area contributed by atoms with Crippen molar-refractivity contribution in [3.05, 3.63) is 35.4 Å². The molecule has 332 valence electrons. The van der Waals surface area contributed by atoms with Crippen molar-refractivity contribution in [3.8, 4) is 0 Å². The van der Waals surface area contributed by atoms with Gasteiger partial charge in [-0.1, -0.05) is 38.1 Å². The molecule has 1 saturated carbocycles. The third-order valence-corrected chi connectivity index (χ3v) is 13.0. The first-order valence-electron chi connectivity index (χ1n) is 20.3. The molecule has 1 unspecified atom stereocenters. The lowest BCUT2D eigenvalue weighted by molar-refractivity contribution is -0.131. The van der Waals surface area contributed by atoms with Gasteiger partial charge in [0.2, 0.25) is 17.7 Å². The Balaban J connectivity index is 2.13. The van der Waals surface area contributed by atoms with Crippen molar-refractivity contribution in [1.82, 2.24) is 20.9 Å². The van der Waals surface area contributed by atoms with Gasteiger partial charge < -0.3 is 53.8 Å². The highest BCUT2D eigenvalue weighted by molar-refractivity contribution is 8.09. The maximum absolute atomic E-state index is 13.9. The summed E-state index contributed by atoms with van der Waals surface area (Å²) in [5, 5.41) is 8.79. The van der Waals surface area contributed by atoms with Gasteiger partial charge in [0, 0.05) is 65.6 Å². The van der Waals surface area contributed by atoms with E-state index in [4.69, 9.17) is 44.8 Å². The average Bonchev–Trinajstić information content (AvgIpc) is 3.20. The van der Waals surface area contributed by atoms with E-state index in [1.54, 1.807) is 26.2 Å². The van der Waals surface area contributed by atoms with E-state index in [2.05, 4.69) is 16.0 Å². The molecular formula is C40H69N4O12PS. The van der Waals surface area contributed by atoms with Crippen LogP contribution in [0, 0.1) is 5.92 Å². The van der Waals surface area contributed by atoms with E-state index >= 15 is 0 Å². The average molecular weight is 861 g/mol. The van der Waals surface area contributed by atoms with Crippen LogP contribution in [-0.4, -0.2) is 158 Å². The Bertz CT molecular complexity index is 1340. The minimum Gasteiger partial charge on any atom is -0.382 e. The summed E-state index contributed by atoms with van der Waals surface area (Å²) < 4.78 is 37.4. The van der Waals surface area contributed by atoms with E-state index in [-0.39, 0.29) is 93.4 Å². The minimum atomic E-state index is -2.84. The van der Waals surface area contributed by atoms with Crippen LogP contribution in [-0.2, 0) is 76.9 Å². The summed E-state index contributed by atoms with van der Waals surface area (Å²) in [6.07, 6.45) is 3.45. The fraction of sp³-hybridized carbons (Fsp3) is 0.750. The monoisotopic (exact) mass is 860 g/mol. The molecule has 2 atom stereocenters. The molecule has 1 aromatic carbocycles. The van der Waals surface area contributed by atoms with Gasteiger partial charge in [-0.15, -0.1) is 0 Å². The van der Waals surface area contributed by atoms with Crippen molar-refractivity contribution in [3.63, 3.8) is 0 Å².